The number of piperidine rings is 1. The Balaban J connectivity index is 2.20. The third-order valence-electron chi connectivity index (χ3n) is 3.95. The molecule has 1 heterocycles. The molecule has 2 rings (SSSR count). The molecule has 0 aromatic heterocycles. The predicted molar refractivity (Wildman–Crippen MR) is 74.6 cm³/mol. The first-order valence-corrected chi connectivity index (χ1v) is 7.01. The van der Waals surface area contributed by atoms with Gasteiger partial charge in [-0.3, -0.25) is 0 Å². The van der Waals surface area contributed by atoms with Crippen molar-refractivity contribution in [3.05, 3.63) is 35.4 Å². The number of hydrogen-bond acceptors (Lipinski definition) is 1. The Morgan fingerprint density at radius 3 is 2.11 bits per heavy atom. The zero-order valence-electron chi connectivity index (χ0n) is 12.0. The van der Waals surface area contributed by atoms with Gasteiger partial charge >= 0.3 is 0 Å². The van der Waals surface area contributed by atoms with Crippen molar-refractivity contribution < 1.29 is 8.78 Å². The highest BCUT2D eigenvalue weighted by atomic mass is 19.3. The molecule has 0 spiro atoms. The largest absolute Gasteiger partial charge is 0.316 e. The van der Waals surface area contributed by atoms with Crippen LogP contribution in [0.5, 0.6) is 0 Å². The maximum absolute atomic E-state index is 14.4. The zero-order valence-corrected chi connectivity index (χ0v) is 12.0. The Morgan fingerprint density at radius 1 is 1.05 bits per heavy atom. The molecular weight excluding hydrogens is 244 g/mol. The molecule has 1 aliphatic heterocycles. The average molecular weight is 267 g/mol. The second-order valence-electron chi connectivity index (χ2n) is 6.49. The molecule has 1 aliphatic rings. The summed E-state index contributed by atoms with van der Waals surface area (Å²) in [5, 5.41) is 3.07. The Labute approximate surface area is 114 Å². The van der Waals surface area contributed by atoms with E-state index in [1.165, 1.54) is 0 Å². The van der Waals surface area contributed by atoms with Gasteiger partial charge < -0.3 is 5.32 Å². The van der Waals surface area contributed by atoms with Gasteiger partial charge in [-0.25, -0.2) is 8.78 Å². The van der Waals surface area contributed by atoms with E-state index >= 15 is 0 Å². The predicted octanol–water partition coefficient (Wildman–Crippen LogP) is 4.08. The van der Waals surface area contributed by atoms with E-state index in [9.17, 15) is 8.78 Å². The van der Waals surface area contributed by atoms with Crippen LogP contribution in [0.1, 0.15) is 44.7 Å². The quantitative estimate of drug-likeness (QED) is 0.851. The van der Waals surface area contributed by atoms with Crippen LogP contribution in [0.4, 0.5) is 8.78 Å². The molecule has 19 heavy (non-hydrogen) atoms. The van der Waals surface area contributed by atoms with E-state index in [-0.39, 0.29) is 11.0 Å². The summed E-state index contributed by atoms with van der Waals surface area (Å²) in [7, 11) is 0. The number of alkyl halides is 2. The van der Waals surface area contributed by atoms with Gasteiger partial charge in [0.15, 0.2) is 0 Å². The third-order valence-corrected chi connectivity index (χ3v) is 3.95. The Bertz CT molecular complexity index is 411. The van der Waals surface area contributed by atoms with Crippen molar-refractivity contribution in [2.75, 3.05) is 13.1 Å². The standard InChI is InChI=1S/C16H23F2N/c1-15(2,3)12-6-8-13(9-7-12)16(17,18)14-5-4-10-19-11-14/h6-9,14,19H,4-5,10-11H2,1-3H3. The average Bonchev–Trinajstić information content (AvgIpc) is 2.39. The lowest BCUT2D eigenvalue weighted by Crippen LogP contribution is -2.39. The van der Waals surface area contributed by atoms with Gasteiger partial charge in [0.05, 0.1) is 0 Å². The number of rotatable bonds is 2. The lowest BCUT2D eigenvalue weighted by molar-refractivity contribution is -0.0725. The summed E-state index contributed by atoms with van der Waals surface area (Å²) in [6, 6.07) is 6.85. The summed E-state index contributed by atoms with van der Waals surface area (Å²) in [6.45, 7) is 7.53. The van der Waals surface area contributed by atoms with Crippen molar-refractivity contribution in [3.63, 3.8) is 0 Å². The Hall–Kier alpha value is -0.960. The van der Waals surface area contributed by atoms with Crippen LogP contribution in [0.15, 0.2) is 24.3 Å². The summed E-state index contributed by atoms with van der Waals surface area (Å²) in [4.78, 5) is 0. The molecule has 0 amide bonds. The first-order valence-electron chi connectivity index (χ1n) is 7.01. The minimum atomic E-state index is -2.73. The summed E-state index contributed by atoms with van der Waals surface area (Å²) in [5.41, 5.74) is 1.24. The van der Waals surface area contributed by atoms with Gasteiger partial charge in [0.2, 0.25) is 0 Å². The van der Waals surface area contributed by atoms with Gasteiger partial charge in [-0.05, 0) is 30.4 Å². The summed E-state index contributed by atoms with van der Waals surface area (Å²) >= 11 is 0. The molecule has 3 heteroatoms. The van der Waals surface area contributed by atoms with E-state index in [0.717, 1.165) is 18.5 Å². The molecule has 106 valence electrons. The molecule has 1 aromatic rings. The van der Waals surface area contributed by atoms with Gasteiger partial charge in [-0.2, -0.15) is 0 Å². The van der Waals surface area contributed by atoms with Crippen LogP contribution in [0.2, 0.25) is 0 Å². The summed E-state index contributed by atoms with van der Waals surface area (Å²) in [6.07, 6.45) is 1.43. The highest BCUT2D eigenvalue weighted by Gasteiger charge is 2.41. The maximum Gasteiger partial charge on any atom is 0.277 e. The van der Waals surface area contributed by atoms with E-state index in [1.807, 2.05) is 12.1 Å². The van der Waals surface area contributed by atoms with Gasteiger partial charge in [-0.1, -0.05) is 45.0 Å². The fourth-order valence-corrected chi connectivity index (χ4v) is 2.59. The van der Waals surface area contributed by atoms with Crippen LogP contribution >= 0.6 is 0 Å². The van der Waals surface area contributed by atoms with Crippen LogP contribution in [0.25, 0.3) is 0 Å². The molecular formula is C16H23F2N. The summed E-state index contributed by atoms with van der Waals surface area (Å²) < 4.78 is 28.9. The highest BCUT2D eigenvalue weighted by molar-refractivity contribution is 5.30. The number of benzene rings is 1. The fraction of sp³-hybridized carbons (Fsp3) is 0.625. The molecule has 1 nitrogen and oxygen atoms in total. The third kappa shape index (κ3) is 3.14. The van der Waals surface area contributed by atoms with Crippen molar-refractivity contribution in [3.8, 4) is 0 Å². The normalized spacial score (nSPS) is 21.4. The van der Waals surface area contributed by atoms with E-state index in [0.29, 0.717) is 13.0 Å². The smallest absolute Gasteiger partial charge is 0.277 e. The van der Waals surface area contributed by atoms with E-state index < -0.39 is 11.8 Å². The SMILES string of the molecule is CC(C)(C)c1ccc(C(F)(F)C2CCCNC2)cc1. The first-order chi connectivity index (χ1) is 8.82. The molecule has 1 fully saturated rings. The second-order valence-corrected chi connectivity index (χ2v) is 6.49. The second kappa shape index (κ2) is 5.20. The molecule has 1 unspecified atom stereocenters. The molecule has 1 saturated heterocycles. The number of halogens is 2. The van der Waals surface area contributed by atoms with Crippen molar-refractivity contribution in [2.45, 2.75) is 45.0 Å². The zero-order chi connectivity index (χ0) is 14.1. The Morgan fingerprint density at radius 2 is 1.63 bits per heavy atom. The Kier molecular flexibility index (Phi) is 3.95. The fourth-order valence-electron chi connectivity index (χ4n) is 2.59. The van der Waals surface area contributed by atoms with Crippen LogP contribution in [0.3, 0.4) is 0 Å². The lowest BCUT2D eigenvalue weighted by Gasteiger charge is -2.31. The number of hydrogen-bond donors (Lipinski definition) is 1. The summed E-state index contributed by atoms with van der Waals surface area (Å²) in [5.74, 6) is -3.31. The molecule has 1 N–H and O–H groups in total. The van der Waals surface area contributed by atoms with Crippen molar-refractivity contribution >= 4 is 0 Å². The van der Waals surface area contributed by atoms with Gasteiger partial charge in [0.1, 0.15) is 0 Å². The number of nitrogens with one attached hydrogen (secondary N) is 1. The lowest BCUT2D eigenvalue weighted by atomic mass is 9.84. The van der Waals surface area contributed by atoms with E-state index in [2.05, 4.69) is 26.1 Å². The highest BCUT2D eigenvalue weighted by Crippen LogP contribution is 2.39. The maximum atomic E-state index is 14.4. The minimum Gasteiger partial charge on any atom is -0.316 e. The molecule has 1 aromatic carbocycles. The van der Waals surface area contributed by atoms with Crippen LogP contribution in [-0.4, -0.2) is 13.1 Å². The van der Waals surface area contributed by atoms with Crippen LogP contribution < -0.4 is 5.32 Å². The molecule has 0 radical (unpaired) electrons. The van der Waals surface area contributed by atoms with Crippen molar-refractivity contribution in [1.29, 1.82) is 0 Å². The van der Waals surface area contributed by atoms with Crippen LogP contribution in [-0.2, 0) is 11.3 Å². The van der Waals surface area contributed by atoms with Gasteiger partial charge in [-0.15, -0.1) is 0 Å². The first kappa shape index (κ1) is 14.4. The monoisotopic (exact) mass is 267 g/mol. The van der Waals surface area contributed by atoms with Crippen molar-refractivity contribution in [2.24, 2.45) is 5.92 Å². The van der Waals surface area contributed by atoms with Gasteiger partial charge in [0.25, 0.3) is 5.92 Å². The molecule has 0 aliphatic carbocycles. The van der Waals surface area contributed by atoms with E-state index in [1.54, 1.807) is 12.1 Å². The topological polar surface area (TPSA) is 12.0 Å². The minimum absolute atomic E-state index is 0.000208. The van der Waals surface area contributed by atoms with E-state index in [4.69, 9.17) is 0 Å². The molecule has 0 bridgehead atoms. The van der Waals surface area contributed by atoms with Crippen molar-refractivity contribution in [1.82, 2.24) is 5.32 Å². The van der Waals surface area contributed by atoms with Gasteiger partial charge in [0, 0.05) is 18.0 Å². The van der Waals surface area contributed by atoms with Crippen LogP contribution in [0, 0.1) is 5.92 Å². The molecule has 0 saturated carbocycles. The molecule has 1 atom stereocenters.